The summed E-state index contributed by atoms with van der Waals surface area (Å²) in [5, 5.41) is 13.2. The van der Waals surface area contributed by atoms with Crippen LogP contribution < -0.4 is 0 Å². The van der Waals surface area contributed by atoms with Gasteiger partial charge in [0.15, 0.2) is 5.82 Å². The molecule has 1 aromatic heterocycles. The standard InChI is InChI=1S/C14H16F3N5O/c1-9(13(23)22(2)8-12-18-20-21-19-12)6-10-4-3-5-11(7-10)14(15,16)17/h3-5,7,9H,6,8H2,1-2H3,(H,18,19,20,21)/t9-/m0/s1. The first kappa shape index (κ1) is 16.9. The molecule has 23 heavy (non-hydrogen) atoms. The highest BCUT2D eigenvalue weighted by atomic mass is 19.4. The van der Waals surface area contributed by atoms with Crippen molar-refractivity contribution < 1.29 is 18.0 Å². The molecule has 0 aliphatic carbocycles. The number of aromatic nitrogens is 4. The molecule has 0 radical (unpaired) electrons. The van der Waals surface area contributed by atoms with Gasteiger partial charge in [0.05, 0.1) is 12.1 Å². The Morgan fingerprint density at radius 3 is 2.74 bits per heavy atom. The highest BCUT2D eigenvalue weighted by molar-refractivity contribution is 5.78. The lowest BCUT2D eigenvalue weighted by Crippen LogP contribution is -2.32. The number of carbonyl (C=O) groups excluding carboxylic acids is 1. The summed E-state index contributed by atoms with van der Waals surface area (Å²) in [6, 6.07) is 5.01. The number of alkyl halides is 3. The SMILES string of the molecule is C[C@@H](Cc1cccc(C(F)(F)F)c1)C(=O)N(C)Cc1nn[nH]n1. The molecule has 2 rings (SSSR count). The van der Waals surface area contributed by atoms with Crippen molar-refractivity contribution in [2.24, 2.45) is 5.92 Å². The number of hydrogen-bond donors (Lipinski definition) is 1. The number of carbonyl (C=O) groups is 1. The first-order chi connectivity index (χ1) is 10.8. The van der Waals surface area contributed by atoms with Gasteiger partial charge in [-0.3, -0.25) is 4.79 Å². The Morgan fingerprint density at radius 2 is 2.13 bits per heavy atom. The predicted octanol–water partition coefficient (Wildman–Crippen LogP) is 2.06. The Balaban J connectivity index is 2.00. The van der Waals surface area contributed by atoms with E-state index in [0.29, 0.717) is 11.4 Å². The van der Waals surface area contributed by atoms with Crippen molar-refractivity contribution in [3.05, 3.63) is 41.2 Å². The highest BCUT2D eigenvalue weighted by Crippen LogP contribution is 2.30. The van der Waals surface area contributed by atoms with Crippen LogP contribution >= 0.6 is 0 Å². The third-order valence-corrected chi connectivity index (χ3v) is 3.36. The van der Waals surface area contributed by atoms with Gasteiger partial charge in [-0.15, -0.1) is 10.2 Å². The molecule has 9 heteroatoms. The first-order valence-electron chi connectivity index (χ1n) is 6.91. The fraction of sp³-hybridized carbons (Fsp3) is 0.429. The van der Waals surface area contributed by atoms with Crippen LogP contribution in [0.4, 0.5) is 13.2 Å². The van der Waals surface area contributed by atoms with Crippen LogP contribution in [-0.4, -0.2) is 38.5 Å². The summed E-state index contributed by atoms with van der Waals surface area (Å²) in [7, 11) is 1.58. The fourth-order valence-electron chi connectivity index (χ4n) is 2.23. The van der Waals surface area contributed by atoms with E-state index in [-0.39, 0.29) is 18.9 Å². The van der Waals surface area contributed by atoms with E-state index in [4.69, 9.17) is 0 Å². The lowest BCUT2D eigenvalue weighted by Gasteiger charge is -2.20. The van der Waals surface area contributed by atoms with Gasteiger partial charge in [-0.2, -0.15) is 18.4 Å². The van der Waals surface area contributed by atoms with Gasteiger partial charge in [-0.25, -0.2) is 0 Å². The average Bonchev–Trinajstić information content (AvgIpc) is 2.98. The molecule has 0 fully saturated rings. The van der Waals surface area contributed by atoms with Crippen molar-refractivity contribution in [2.45, 2.75) is 26.1 Å². The van der Waals surface area contributed by atoms with E-state index in [1.807, 2.05) is 0 Å². The van der Waals surface area contributed by atoms with Crippen LogP contribution in [0, 0.1) is 5.92 Å². The van der Waals surface area contributed by atoms with Crippen molar-refractivity contribution in [3.8, 4) is 0 Å². The van der Waals surface area contributed by atoms with E-state index >= 15 is 0 Å². The Kier molecular flexibility index (Phi) is 4.97. The smallest absolute Gasteiger partial charge is 0.338 e. The molecular formula is C14H16F3N5O. The second-order valence-electron chi connectivity index (χ2n) is 5.33. The fourth-order valence-corrected chi connectivity index (χ4v) is 2.23. The number of benzene rings is 1. The molecule has 0 bridgehead atoms. The van der Waals surface area contributed by atoms with E-state index < -0.39 is 17.7 Å². The van der Waals surface area contributed by atoms with Crippen molar-refractivity contribution in [3.63, 3.8) is 0 Å². The van der Waals surface area contributed by atoms with E-state index in [9.17, 15) is 18.0 Å². The molecule has 0 saturated carbocycles. The van der Waals surface area contributed by atoms with Crippen molar-refractivity contribution in [2.75, 3.05) is 7.05 Å². The summed E-state index contributed by atoms with van der Waals surface area (Å²) in [5.41, 5.74) is -0.247. The zero-order valence-electron chi connectivity index (χ0n) is 12.6. The number of tetrazole rings is 1. The van der Waals surface area contributed by atoms with Crippen LogP contribution in [-0.2, 0) is 23.9 Å². The number of amides is 1. The van der Waals surface area contributed by atoms with Gasteiger partial charge >= 0.3 is 6.18 Å². The minimum absolute atomic E-state index is 0.183. The Labute approximate surface area is 130 Å². The summed E-state index contributed by atoms with van der Waals surface area (Å²) in [4.78, 5) is 13.7. The number of hydrogen-bond acceptors (Lipinski definition) is 4. The minimum atomic E-state index is -4.39. The van der Waals surface area contributed by atoms with Gasteiger partial charge in [0.25, 0.3) is 0 Å². The predicted molar refractivity (Wildman–Crippen MR) is 75.0 cm³/mol. The van der Waals surface area contributed by atoms with Crippen LogP contribution in [0.1, 0.15) is 23.9 Å². The molecule has 0 aliphatic rings. The molecule has 0 unspecified atom stereocenters. The summed E-state index contributed by atoms with van der Waals surface area (Å²) < 4.78 is 38.1. The largest absolute Gasteiger partial charge is 0.416 e. The van der Waals surface area contributed by atoms with Gasteiger partial charge in [-0.1, -0.05) is 30.3 Å². The van der Waals surface area contributed by atoms with Crippen LogP contribution in [0.15, 0.2) is 24.3 Å². The van der Waals surface area contributed by atoms with Crippen LogP contribution in [0.2, 0.25) is 0 Å². The molecular weight excluding hydrogens is 311 g/mol. The van der Waals surface area contributed by atoms with E-state index in [1.54, 1.807) is 20.0 Å². The Morgan fingerprint density at radius 1 is 1.39 bits per heavy atom. The number of nitrogens with one attached hydrogen (secondary N) is 1. The van der Waals surface area contributed by atoms with Gasteiger partial charge in [-0.05, 0) is 18.1 Å². The topological polar surface area (TPSA) is 74.8 Å². The normalized spacial score (nSPS) is 12.9. The monoisotopic (exact) mass is 327 g/mol. The average molecular weight is 327 g/mol. The van der Waals surface area contributed by atoms with E-state index in [0.717, 1.165) is 12.1 Å². The third kappa shape index (κ3) is 4.51. The summed E-state index contributed by atoms with van der Waals surface area (Å²) in [5.74, 6) is -0.297. The maximum absolute atomic E-state index is 12.7. The molecule has 2 aromatic rings. The maximum atomic E-state index is 12.7. The third-order valence-electron chi connectivity index (χ3n) is 3.36. The molecule has 1 heterocycles. The molecule has 0 aliphatic heterocycles. The van der Waals surface area contributed by atoms with E-state index in [2.05, 4.69) is 20.6 Å². The zero-order chi connectivity index (χ0) is 17.0. The van der Waals surface area contributed by atoms with Crippen molar-refractivity contribution in [1.29, 1.82) is 0 Å². The second kappa shape index (κ2) is 6.76. The zero-order valence-corrected chi connectivity index (χ0v) is 12.6. The van der Waals surface area contributed by atoms with Crippen molar-refractivity contribution in [1.82, 2.24) is 25.5 Å². The lowest BCUT2D eigenvalue weighted by molar-refractivity contribution is -0.137. The van der Waals surface area contributed by atoms with Crippen molar-refractivity contribution >= 4 is 5.91 Å². The number of nitrogens with zero attached hydrogens (tertiary/aromatic N) is 4. The van der Waals surface area contributed by atoms with Gasteiger partial charge < -0.3 is 4.90 Å². The van der Waals surface area contributed by atoms with Crippen LogP contribution in [0.5, 0.6) is 0 Å². The maximum Gasteiger partial charge on any atom is 0.416 e. The Bertz CT molecular complexity index is 657. The Hall–Kier alpha value is -2.45. The summed E-state index contributed by atoms with van der Waals surface area (Å²) >= 11 is 0. The van der Waals surface area contributed by atoms with Crippen LogP contribution in [0.25, 0.3) is 0 Å². The van der Waals surface area contributed by atoms with E-state index in [1.165, 1.54) is 11.0 Å². The minimum Gasteiger partial charge on any atom is -0.338 e. The lowest BCUT2D eigenvalue weighted by atomic mass is 9.98. The quantitative estimate of drug-likeness (QED) is 0.912. The second-order valence-corrected chi connectivity index (χ2v) is 5.33. The first-order valence-corrected chi connectivity index (χ1v) is 6.91. The number of H-pyrrole nitrogens is 1. The molecule has 1 amide bonds. The molecule has 124 valence electrons. The summed E-state index contributed by atoms with van der Waals surface area (Å²) in [6.45, 7) is 1.86. The van der Waals surface area contributed by atoms with Gasteiger partial charge in [0.1, 0.15) is 0 Å². The molecule has 1 aromatic carbocycles. The number of halogens is 3. The van der Waals surface area contributed by atoms with Gasteiger partial charge in [0, 0.05) is 13.0 Å². The van der Waals surface area contributed by atoms with Gasteiger partial charge in [0.2, 0.25) is 5.91 Å². The molecule has 6 nitrogen and oxygen atoms in total. The van der Waals surface area contributed by atoms with Crippen LogP contribution in [0.3, 0.4) is 0 Å². The molecule has 1 atom stereocenters. The number of rotatable bonds is 5. The highest BCUT2D eigenvalue weighted by Gasteiger charge is 2.30. The summed E-state index contributed by atoms with van der Waals surface area (Å²) in [6.07, 6.45) is -4.17. The molecule has 1 N–H and O–H groups in total. The number of aromatic amines is 1. The molecule has 0 saturated heterocycles. The molecule has 0 spiro atoms.